The van der Waals surface area contributed by atoms with Crippen LogP contribution in [0.1, 0.15) is 205 Å². The van der Waals surface area contributed by atoms with Crippen LogP contribution >= 0.6 is 0 Å². The minimum Gasteiger partial charge on any atom is -0.396 e. The Morgan fingerprint density at radius 1 is 0.245 bits per heavy atom. The molecule has 0 unspecified atom stereocenters. The van der Waals surface area contributed by atoms with Gasteiger partial charge in [-0.15, -0.1) is 0 Å². The van der Waals surface area contributed by atoms with Gasteiger partial charge in [0.2, 0.25) is 23.6 Å². The van der Waals surface area contributed by atoms with E-state index in [4.69, 9.17) is 67.8 Å². The summed E-state index contributed by atoms with van der Waals surface area (Å²) in [7, 11) is 0. The number of hydrogen-bond acceptors (Lipinski definition) is 18. The van der Waals surface area contributed by atoms with Crippen molar-refractivity contribution in [3.8, 4) is 0 Å². The lowest BCUT2D eigenvalue weighted by molar-refractivity contribution is -0.169. The summed E-state index contributed by atoms with van der Waals surface area (Å²) in [5, 5.41) is 45.8. The lowest BCUT2D eigenvalue weighted by Gasteiger charge is -2.56. The van der Waals surface area contributed by atoms with Gasteiger partial charge in [-0.3, -0.25) is 19.2 Å². The highest BCUT2D eigenvalue weighted by atomic mass is 16.6. The van der Waals surface area contributed by atoms with Crippen molar-refractivity contribution >= 4 is 23.6 Å². The monoisotopic (exact) mass is 1390 g/mol. The second kappa shape index (κ2) is 42.3. The Morgan fingerprint density at radius 3 is 0.602 bits per heavy atom. The molecule has 0 saturated heterocycles. The number of carbonyl (C=O) groups is 4. The molecule has 16 saturated carbocycles. The molecule has 16 aliphatic rings. The van der Waals surface area contributed by atoms with Crippen LogP contribution in [-0.4, -0.2) is 225 Å². The summed E-state index contributed by atoms with van der Waals surface area (Å²) in [5.74, 6) is 10.9. The van der Waals surface area contributed by atoms with E-state index in [1.807, 2.05) is 0 Å². The molecular formula is C76H132N4O18. The molecule has 16 fully saturated rings. The van der Waals surface area contributed by atoms with Gasteiger partial charge in [0, 0.05) is 78.3 Å². The first-order valence-corrected chi connectivity index (χ1v) is 39.3. The van der Waals surface area contributed by atoms with Gasteiger partial charge in [0.05, 0.1) is 128 Å². The zero-order valence-corrected chi connectivity index (χ0v) is 60.0. The summed E-state index contributed by atoms with van der Waals surface area (Å²) in [4.78, 5) is 45.4. The topological polar surface area (TPSA) is 290 Å². The molecular weight excluding hydrogens is 1260 g/mol. The van der Waals surface area contributed by atoms with Crippen LogP contribution in [0, 0.1) is 71.0 Å². The minimum absolute atomic E-state index is 0.0209. The van der Waals surface area contributed by atoms with Crippen molar-refractivity contribution in [2.24, 2.45) is 71.0 Å². The molecule has 22 nitrogen and oxygen atoms in total. The van der Waals surface area contributed by atoms with Crippen LogP contribution < -0.4 is 21.3 Å². The average Bonchev–Trinajstić information content (AvgIpc) is 0.782. The summed E-state index contributed by atoms with van der Waals surface area (Å²) in [5.41, 5.74) is 0.647. The number of amides is 4. The summed E-state index contributed by atoms with van der Waals surface area (Å²) in [6.45, 7) is 11.6. The predicted molar refractivity (Wildman–Crippen MR) is 370 cm³/mol. The van der Waals surface area contributed by atoms with Crippen LogP contribution in [0.4, 0.5) is 0 Å². The number of ether oxygens (including phenoxy) is 10. The van der Waals surface area contributed by atoms with E-state index in [2.05, 4.69) is 21.3 Å². The Balaban J connectivity index is 0.000000154. The summed E-state index contributed by atoms with van der Waals surface area (Å²) in [6.07, 6.45) is 36.0. The zero-order chi connectivity index (χ0) is 68.7. The summed E-state index contributed by atoms with van der Waals surface area (Å²) < 4.78 is 58.3. The van der Waals surface area contributed by atoms with Crippen molar-refractivity contribution < 1.29 is 87.0 Å². The van der Waals surface area contributed by atoms with Crippen molar-refractivity contribution in [3.63, 3.8) is 0 Å². The van der Waals surface area contributed by atoms with Gasteiger partial charge in [-0.25, -0.2) is 0 Å². The first-order chi connectivity index (χ1) is 47.8. The molecule has 0 aromatic heterocycles. The number of aliphatic hydroxyl groups is 4. The Kier molecular flexibility index (Phi) is 34.3. The highest BCUT2D eigenvalue weighted by Gasteiger charge is 2.55. The molecule has 0 aliphatic heterocycles. The van der Waals surface area contributed by atoms with E-state index in [0.29, 0.717) is 183 Å². The van der Waals surface area contributed by atoms with E-state index in [-0.39, 0.29) is 72.5 Å². The Morgan fingerprint density at radius 2 is 0.408 bits per heavy atom. The molecule has 98 heavy (non-hydrogen) atoms. The number of rotatable bonds is 46. The molecule has 0 aromatic rings. The third-order valence-corrected chi connectivity index (χ3v) is 23.7. The maximum Gasteiger partial charge on any atom is 0.220 e. The maximum atomic E-state index is 11.4. The maximum absolute atomic E-state index is 11.4. The van der Waals surface area contributed by atoms with Crippen LogP contribution in [0.2, 0.25) is 0 Å². The quantitative estimate of drug-likeness (QED) is 0.0273. The third-order valence-electron chi connectivity index (χ3n) is 23.7. The normalized spacial score (nSPS) is 33.3. The fourth-order valence-electron chi connectivity index (χ4n) is 21.3. The van der Waals surface area contributed by atoms with Gasteiger partial charge in [0.1, 0.15) is 0 Å². The average molecular weight is 1390 g/mol. The fourth-order valence-corrected chi connectivity index (χ4v) is 21.3. The molecule has 16 aliphatic carbocycles. The van der Waals surface area contributed by atoms with Gasteiger partial charge >= 0.3 is 0 Å². The number of carbonyl (C=O) groups excluding carboxylic acids is 4. The Hall–Kier alpha value is -2.68. The first kappa shape index (κ1) is 79.4. The molecule has 8 N–H and O–H groups in total. The third kappa shape index (κ3) is 27.1. The lowest BCUT2D eigenvalue weighted by atomic mass is 9.54. The lowest BCUT2D eigenvalue weighted by Crippen LogP contribution is -2.52. The molecule has 0 atom stereocenters. The number of hydrogen-bond donors (Lipinski definition) is 8. The van der Waals surface area contributed by atoms with Crippen molar-refractivity contribution in [1.82, 2.24) is 21.3 Å². The molecule has 0 heterocycles. The van der Waals surface area contributed by atoms with Crippen molar-refractivity contribution in [2.45, 2.75) is 228 Å². The highest BCUT2D eigenvalue weighted by Crippen LogP contribution is 2.60. The molecule has 0 spiro atoms. The molecule has 16 rings (SSSR count). The molecule has 4 amide bonds. The fraction of sp³-hybridized carbons (Fsp3) is 0.947. The van der Waals surface area contributed by atoms with Crippen LogP contribution in [0.5, 0.6) is 0 Å². The second-order valence-corrected chi connectivity index (χ2v) is 32.2. The van der Waals surface area contributed by atoms with Gasteiger partial charge < -0.3 is 89.1 Å². The van der Waals surface area contributed by atoms with Crippen molar-refractivity contribution in [3.05, 3.63) is 0 Å². The van der Waals surface area contributed by atoms with Crippen molar-refractivity contribution in [2.75, 3.05) is 158 Å². The summed E-state index contributed by atoms with van der Waals surface area (Å²) in [6, 6.07) is 0. The molecule has 0 aromatic carbocycles. The molecule has 22 heteroatoms. The smallest absolute Gasteiger partial charge is 0.220 e. The first-order valence-electron chi connectivity index (χ1n) is 39.3. The van der Waals surface area contributed by atoms with Gasteiger partial charge in [-0.1, -0.05) is 0 Å². The Bertz CT molecular complexity index is 2160. The van der Waals surface area contributed by atoms with E-state index < -0.39 is 0 Å². The molecule has 16 bridgehead atoms. The van der Waals surface area contributed by atoms with Gasteiger partial charge in [0.25, 0.3) is 0 Å². The van der Waals surface area contributed by atoms with Crippen molar-refractivity contribution in [1.29, 1.82) is 0 Å². The zero-order valence-electron chi connectivity index (χ0n) is 60.0. The Labute approximate surface area is 586 Å². The number of aliphatic hydroxyl groups excluding tert-OH is 4. The van der Waals surface area contributed by atoms with Gasteiger partial charge in [-0.2, -0.15) is 0 Å². The van der Waals surface area contributed by atoms with E-state index in [1.165, 1.54) is 154 Å². The van der Waals surface area contributed by atoms with E-state index in [9.17, 15) is 19.2 Å². The van der Waals surface area contributed by atoms with E-state index >= 15 is 0 Å². The SMILES string of the molecule is O=C(CCCO)NCCOC12CC3CC(CC(C3)C1)C2.O=C(CCCO)NCCOCCOC12CC3CC(CC(C3)C1)C2.O=C(CCCO)NCCOCCOCCOC12CC3CC(CC(C3)C1)C2.O=C(CCCO)NCCOCCOCCOCCOC12CC3CC(CC(C3)C1)C2. The number of nitrogens with one attached hydrogen (secondary N) is 4. The standard InChI is InChI=1S/C22H39NO6.C20H35NO5.C18H31NO4.C16H27NO3/c24-4-1-2-21(25)23-3-5-26-6-7-27-8-9-28-10-11-29-22-15-18-12-19(16-22)14-20(13-18)17-22;22-4-1-2-19(23)21-3-5-24-6-7-25-8-9-26-20-13-16-10-17(14-20)12-18(11-16)15-20;20-4-1-2-17(21)19-3-5-22-6-7-23-18-11-14-8-15(12-18)10-16(9-14)13-18;18-4-1-2-15(19)17-3-5-20-16-9-12-6-13(10-16)8-14(7-12)11-16/h18-20,24H,1-17H2,(H,23,25);16-18,22H,1-15H2,(H,21,23);14-16,20H,1-13H2,(H,19,21);12-14,18H,1-11H2,(H,17,19). The summed E-state index contributed by atoms with van der Waals surface area (Å²) >= 11 is 0. The van der Waals surface area contributed by atoms with Gasteiger partial charge in [0.15, 0.2) is 0 Å². The second-order valence-electron chi connectivity index (χ2n) is 32.2. The predicted octanol–water partition coefficient (Wildman–Crippen LogP) is 7.54. The molecule has 564 valence electrons. The highest BCUT2D eigenvalue weighted by molar-refractivity contribution is 5.76. The van der Waals surface area contributed by atoms with Crippen LogP contribution in [0.25, 0.3) is 0 Å². The molecule has 0 radical (unpaired) electrons. The van der Waals surface area contributed by atoms with Crippen LogP contribution in [0.15, 0.2) is 0 Å². The van der Waals surface area contributed by atoms with E-state index in [1.54, 1.807) is 0 Å². The van der Waals surface area contributed by atoms with E-state index in [0.717, 1.165) is 71.0 Å². The van der Waals surface area contributed by atoms with Gasteiger partial charge in [-0.05, 0) is 251 Å². The van der Waals surface area contributed by atoms with Crippen LogP contribution in [0.3, 0.4) is 0 Å². The van der Waals surface area contributed by atoms with Crippen LogP contribution in [-0.2, 0) is 66.5 Å². The largest absolute Gasteiger partial charge is 0.396 e. The minimum atomic E-state index is -0.0526.